The first-order chi connectivity index (χ1) is 8.17. The molecule has 5 heteroatoms. The molecule has 1 heterocycles. The van der Waals surface area contributed by atoms with E-state index in [0.29, 0.717) is 35.6 Å². The summed E-state index contributed by atoms with van der Waals surface area (Å²) in [7, 11) is 0. The van der Waals surface area contributed by atoms with E-state index in [2.05, 4.69) is 5.16 Å². The minimum absolute atomic E-state index is 0.00461. The minimum atomic E-state index is -0.00461. The van der Waals surface area contributed by atoms with Crippen LogP contribution in [-0.2, 0) is 6.42 Å². The van der Waals surface area contributed by atoms with Crippen LogP contribution in [0, 0.1) is 5.92 Å². The van der Waals surface area contributed by atoms with E-state index in [-0.39, 0.29) is 18.3 Å². The first kappa shape index (κ1) is 11.7. The Bertz CT molecular complexity index is 456. The number of aromatic hydroxyl groups is 1. The second-order valence-corrected chi connectivity index (χ2v) is 4.19. The largest absolute Gasteiger partial charge is 0.507 e. The molecule has 0 saturated carbocycles. The summed E-state index contributed by atoms with van der Waals surface area (Å²) in [5.41, 5.74) is 1.49. The summed E-state index contributed by atoms with van der Waals surface area (Å²) >= 11 is 0. The number of benzene rings is 1. The minimum Gasteiger partial charge on any atom is -0.507 e. The lowest BCUT2D eigenvalue weighted by Crippen LogP contribution is -2.24. The molecule has 2 rings (SSSR count). The average molecular weight is 237 g/mol. The number of aliphatic hydroxyl groups excluding tert-OH is 1. The van der Waals surface area contributed by atoms with Crippen molar-refractivity contribution >= 4 is 5.71 Å². The van der Waals surface area contributed by atoms with E-state index in [4.69, 9.17) is 15.1 Å². The molecule has 1 aromatic carbocycles. The van der Waals surface area contributed by atoms with Gasteiger partial charge in [0.15, 0.2) is 0 Å². The fraction of sp³-hybridized carbons (Fsp3) is 0.417. The lowest BCUT2D eigenvalue weighted by atomic mass is 9.94. The van der Waals surface area contributed by atoms with E-state index in [1.165, 1.54) is 0 Å². The molecule has 0 aromatic heterocycles. The molecule has 1 unspecified atom stereocenters. The molecule has 1 aliphatic heterocycles. The second kappa shape index (κ2) is 4.63. The number of oxime groups is 1. The number of nitrogens with zero attached hydrogens (tertiary/aromatic N) is 1. The molecule has 0 fully saturated rings. The molecule has 5 nitrogen and oxygen atoms in total. The van der Waals surface area contributed by atoms with Crippen LogP contribution in [-0.4, -0.2) is 34.3 Å². The van der Waals surface area contributed by atoms with Gasteiger partial charge < -0.3 is 20.2 Å². The maximum atomic E-state index is 10.1. The van der Waals surface area contributed by atoms with Crippen LogP contribution in [0.15, 0.2) is 17.3 Å². The molecular weight excluding hydrogens is 222 g/mol. The van der Waals surface area contributed by atoms with Gasteiger partial charge in [0.1, 0.15) is 11.5 Å². The summed E-state index contributed by atoms with van der Waals surface area (Å²) < 4.78 is 5.45. The van der Waals surface area contributed by atoms with Gasteiger partial charge in [-0.05, 0) is 25.5 Å². The summed E-state index contributed by atoms with van der Waals surface area (Å²) in [6.45, 7) is 2.08. The van der Waals surface area contributed by atoms with Gasteiger partial charge in [-0.3, -0.25) is 0 Å². The van der Waals surface area contributed by atoms with Crippen molar-refractivity contribution in [3.05, 3.63) is 23.3 Å². The number of fused-ring (bicyclic) bond motifs is 1. The Hall–Kier alpha value is -1.75. The van der Waals surface area contributed by atoms with Crippen LogP contribution in [0.1, 0.15) is 18.1 Å². The number of phenols is 1. The lowest BCUT2D eigenvalue weighted by Gasteiger charge is -2.25. The van der Waals surface area contributed by atoms with Crippen molar-refractivity contribution in [1.82, 2.24) is 0 Å². The zero-order valence-corrected chi connectivity index (χ0v) is 9.55. The number of hydrogen-bond acceptors (Lipinski definition) is 5. The third-order valence-electron chi connectivity index (χ3n) is 3.01. The number of aliphatic hydroxyl groups is 1. The Morgan fingerprint density at radius 2 is 2.29 bits per heavy atom. The van der Waals surface area contributed by atoms with Gasteiger partial charge in [0.25, 0.3) is 0 Å². The van der Waals surface area contributed by atoms with Gasteiger partial charge in [-0.1, -0.05) is 5.16 Å². The van der Waals surface area contributed by atoms with Crippen LogP contribution in [0.25, 0.3) is 0 Å². The van der Waals surface area contributed by atoms with Crippen molar-refractivity contribution in [2.45, 2.75) is 13.3 Å². The Labute approximate surface area is 99.0 Å². The van der Waals surface area contributed by atoms with Crippen molar-refractivity contribution in [1.29, 1.82) is 0 Å². The zero-order valence-electron chi connectivity index (χ0n) is 9.55. The summed E-state index contributed by atoms with van der Waals surface area (Å²) in [4.78, 5) is 0. The standard InChI is InChI=1S/C12H15NO4/c1-7(13-16)9-2-3-11-10(12(9)15)4-8(5-14)6-17-11/h2-3,8,14-16H,4-6H2,1H3. The molecule has 0 saturated heterocycles. The molecule has 1 aromatic rings. The maximum Gasteiger partial charge on any atom is 0.131 e. The number of phenolic OH excluding ortho intramolecular Hbond substituents is 1. The van der Waals surface area contributed by atoms with Crippen LogP contribution in [0.5, 0.6) is 11.5 Å². The molecule has 0 amide bonds. The van der Waals surface area contributed by atoms with Gasteiger partial charge in [0.2, 0.25) is 0 Å². The Morgan fingerprint density at radius 1 is 1.53 bits per heavy atom. The Balaban J connectivity index is 2.44. The molecule has 92 valence electrons. The fourth-order valence-corrected chi connectivity index (χ4v) is 1.97. The molecule has 17 heavy (non-hydrogen) atoms. The number of ether oxygens (including phenoxy) is 1. The Kier molecular flexibility index (Phi) is 3.19. The van der Waals surface area contributed by atoms with E-state index in [1.54, 1.807) is 19.1 Å². The quantitative estimate of drug-likeness (QED) is 0.409. The first-order valence-corrected chi connectivity index (χ1v) is 5.45. The third-order valence-corrected chi connectivity index (χ3v) is 3.01. The smallest absolute Gasteiger partial charge is 0.131 e. The molecule has 1 aliphatic rings. The monoisotopic (exact) mass is 237 g/mol. The van der Waals surface area contributed by atoms with E-state index in [9.17, 15) is 5.11 Å². The van der Waals surface area contributed by atoms with Gasteiger partial charge in [0.05, 0.1) is 12.3 Å². The van der Waals surface area contributed by atoms with Gasteiger partial charge in [-0.2, -0.15) is 0 Å². The summed E-state index contributed by atoms with van der Waals surface area (Å²) in [6, 6.07) is 3.40. The van der Waals surface area contributed by atoms with Crippen LogP contribution in [0.3, 0.4) is 0 Å². The fourth-order valence-electron chi connectivity index (χ4n) is 1.97. The van der Waals surface area contributed by atoms with Crippen LogP contribution < -0.4 is 4.74 Å². The topological polar surface area (TPSA) is 82.3 Å². The van der Waals surface area contributed by atoms with Gasteiger partial charge in [-0.25, -0.2) is 0 Å². The first-order valence-electron chi connectivity index (χ1n) is 5.45. The predicted octanol–water partition coefficient (Wildman–Crippen LogP) is 1.13. The van der Waals surface area contributed by atoms with Crippen molar-refractivity contribution in [2.75, 3.05) is 13.2 Å². The van der Waals surface area contributed by atoms with Crippen molar-refractivity contribution < 1.29 is 20.2 Å². The highest BCUT2D eigenvalue weighted by atomic mass is 16.5. The van der Waals surface area contributed by atoms with Crippen LogP contribution in [0.4, 0.5) is 0 Å². The average Bonchev–Trinajstić information content (AvgIpc) is 2.38. The summed E-state index contributed by atoms with van der Waals surface area (Å²) in [5.74, 6) is 0.688. The predicted molar refractivity (Wildman–Crippen MR) is 61.9 cm³/mol. The highest BCUT2D eigenvalue weighted by molar-refractivity contribution is 6.01. The normalized spacial score (nSPS) is 19.6. The molecule has 0 spiro atoms. The number of hydrogen-bond donors (Lipinski definition) is 3. The van der Waals surface area contributed by atoms with Gasteiger partial charge in [0, 0.05) is 23.7 Å². The molecule has 3 N–H and O–H groups in total. The third kappa shape index (κ3) is 2.06. The highest BCUT2D eigenvalue weighted by Crippen LogP contribution is 2.36. The Morgan fingerprint density at radius 3 is 2.94 bits per heavy atom. The van der Waals surface area contributed by atoms with Crippen LogP contribution in [0.2, 0.25) is 0 Å². The SMILES string of the molecule is CC(=NO)c1ccc2c(c1O)CC(CO)CO2. The maximum absolute atomic E-state index is 10.1. The lowest BCUT2D eigenvalue weighted by molar-refractivity contribution is 0.145. The molecule has 1 atom stereocenters. The van der Waals surface area contributed by atoms with E-state index in [1.807, 2.05) is 0 Å². The van der Waals surface area contributed by atoms with Gasteiger partial charge >= 0.3 is 0 Å². The van der Waals surface area contributed by atoms with Crippen LogP contribution >= 0.6 is 0 Å². The molecule has 0 bridgehead atoms. The molecular formula is C12H15NO4. The van der Waals surface area contributed by atoms with E-state index < -0.39 is 0 Å². The van der Waals surface area contributed by atoms with Gasteiger partial charge in [-0.15, -0.1) is 0 Å². The van der Waals surface area contributed by atoms with E-state index in [0.717, 1.165) is 0 Å². The second-order valence-electron chi connectivity index (χ2n) is 4.19. The summed E-state index contributed by atoms with van der Waals surface area (Å²) in [6.07, 6.45) is 0.560. The number of rotatable bonds is 2. The van der Waals surface area contributed by atoms with Crippen molar-refractivity contribution in [3.63, 3.8) is 0 Å². The molecule has 0 radical (unpaired) electrons. The van der Waals surface area contributed by atoms with Crippen molar-refractivity contribution in [3.8, 4) is 11.5 Å². The highest BCUT2D eigenvalue weighted by Gasteiger charge is 2.24. The van der Waals surface area contributed by atoms with E-state index >= 15 is 0 Å². The molecule has 0 aliphatic carbocycles. The zero-order chi connectivity index (χ0) is 12.4. The summed E-state index contributed by atoms with van der Waals surface area (Å²) in [5, 5.41) is 31.0. The van der Waals surface area contributed by atoms with Crippen molar-refractivity contribution in [2.24, 2.45) is 11.1 Å².